The molecule has 0 atom stereocenters. The topological polar surface area (TPSA) is 47.0 Å². The first kappa shape index (κ1) is 18.7. The minimum absolute atomic E-state index is 0.125. The van der Waals surface area contributed by atoms with Crippen LogP contribution in [-0.2, 0) is 19.2 Å². The average Bonchev–Trinajstić information content (AvgIpc) is 2.67. The maximum atomic E-state index is 13.3. The molecular formula is C20H18F3N3O. The molecule has 2 aromatic carbocycles. The van der Waals surface area contributed by atoms with Gasteiger partial charge < -0.3 is 10.1 Å². The Morgan fingerprint density at radius 1 is 0.963 bits per heavy atom. The molecule has 0 spiro atoms. The normalized spacial score (nSPS) is 11.3. The molecule has 0 aliphatic heterocycles. The van der Waals surface area contributed by atoms with Crippen LogP contribution in [0.5, 0.6) is 6.01 Å². The second-order valence-electron chi connectivity index (χ2n) is 5.86. The van der Waals surface area contributed by atoms with Gasteiger partial charge in [0.15, 0.2) is 0 Å². The van der Waals surface area contributed by atoms with E-state index in [-0.39, 0.29) is 18.4 Å². The Morgan fingerprint density at radius 2 is 1.67 bits per heavy atom. The first-order valence-electron chi connectivity index (χ1n) is 8.42. The van der Waals surface area contributed by atoms with Gasteiger partial charge in [0.05, 0.1) is 0 Å². The minimum atomic E-state index is -4.58. The number of rotatable bonds is 6. The van der Waals surface area contributed by atoms with Crippen LogP contribution in [0.15, 0.2) is 60.8 Å². The third-order valence-corrected chi connectivity index (χ3v) is 3.91. The van der Waals surface area contributed by atoms with Crippen molar-refractivity contribution in [2.45, 2.75) is 26.1 Å². The molecule has 0 saturated carbocycles. The highest BCUT2D eigenvalue weighted by Gasteiger charge is 2.35. The molecule has 0 aliphatic carbocycles. The van der Waals surface area contributed by atoms with Gasteiger partial charge in [-0.15, -0.1) is 0 Å². The molecule has 1 aromatic heterocycles. The molecular weight excluding hydrogens is 355 g/mol. The van der Waals surface area contributed by atoms with Crippen LogP contribution < -0.4 is 10.1 Å². The number of alkyl halides is 3. The van der Waals surface area contributed by atoms with E-state index in [2.05, 4.69) is 15.3 Å². The lowest BCUT2D eigenvalue weighted by molar-refractivity contribution is -0.137. The number of aryl methyl sites for hydroxylation is 1. The fourth-order valence-electron chi connectivity index (χ4n) is 2.42. The summed E-state index contributed by atoms with van der Waals surface area (Å²) in [5.74, 6) is -0.343. The van der Waals surface area contributed by atoms with E-state index in [0.29, 0.717) is 5.69 Å². The summed E-state index contributed by atoms with van der Waals surface area (Å²) < 4.78 is 45.3. The van der Waals surface area contributed by atoms with Gasteiger partial charge in [-0.2, -0.15) is 18.2 Å². The quantitative estimate of drug-likeness (QED) is 0.630. The van der Waals surface area contributed by atoms with Crippen molar-refractivity contribution >= 4 is 11.5 Å². The average molecular weight is 373 g/mol. The zero-order valence-electron chi connectivity index (χ0n) is 14.6. The van der Waals surface area contributed by atoms with E-state index in [9.17, 15) is 13.2 Å². The van der Waals surface area contributed by atoms with Gasteiger partial charge in [-0.3, -0.25) is 0 Å². The van der Waals surface area contributed by atoms with Gasteiger partial charge in [-0.1, -0.05) is 49.4 Å². The number of benzene rings is 2. The van der Waals surface area contributed by atoms with Gasteiger partial charge in [0, 0.05) is 11.9 Å². The predicted octanol–water partition coefficient (Wildman–Crippen LogP) is 5.38. The molecule has 1 N–H and O–H groups in total. The molecule has 3 rings (SSSR count). The number of hydrogen-bond acceptors (Lipinski definition) is 4. The van der Waals surface area contributed by atoms with Crippen molar-refractivity contribution in [1.82, 2.24) is 9.97 Å². The highest BCUT2D eigenvalue weighted by Crippen LogP contribution is 2.35. The van der Waals surface area contributed by atoms with Gasteiger partial charge in [0.1, 0.15) is 18.0 Å². The van der Waals surface area contributed by atoms with E-state index < -0.39 is 11.7 Å². The second-order valence-corrected chi connectivity index (χ2v) is 5.86. The summed E-state index contributed by atoms with van der Waals surface area (Å²) in [6, 6.07) is 16.3. The van der Waals surface area contributed by atoms with Gasteiger partial charge >= 0.3 is 12.2 Å². The molecule has 0 aliphatic rings. The van der Waals surface area contributed by atoms with Crippen molar-refractivity contribution in [2.24, 2.45) is 0 Å². The van der Waals surface area contributed by atoms with Crippen molar-refractivity contribution in [1.29, 1.82) is 0 Å². The molecule has 1 heterocycles. The van der Waals surface area contributed by atoms with Crippen molar-refractivity contribution in [3.05, 3.63) is 77.5 Å². The van der Waals surface area contributed by atoms with Crippen molar-refractivity contribution in [3.8, 4) is 6.01 Å². The van der Waals surface area contributed by atoms with Gasteiger partial charge in [0.25, 0.3) is 0 Å². The number of hydrogen-bond donors (Lipinski definition) is 1. The molecule has 0 bridgehead atoms. The van der Waals surface area contributed by atoms with E-state index in [0.717, 1.165) is 23.7 Å². The van der Waals surface area contributed by atoms with Crippen LogP contribution in [0.3, 0.4) is 0 Å². The maximum absolute atomic E-state index is 13.3. The number of nitrogens with zero attached hydrogens (tertiary/aromatic N) is 2. The van der Waals surface area contributed by atoms with Crippen molar-refractivity contribution < 1.29 is 17.9 Å². The standard InChI is InChI=1S/C20H18F3N3O/c1-2-14-8-10-16(11-9-14)25-18-17(20(21,22)23)12-24-19(26-18)27-13-15-6-4-3-5-7-15/h3-12H,2,13H2,1H3,(H,24,25,26). The Labute approximate surface area is 155 Å². The van der Waals surface area contributed by atoms with Gasteiger partial charge in [-0.05, 0) is 29.7 Å². The number of anilines is 2. The SMILES string of the molecule is CCc1ccc(Nc2nc(OCc3ccccc3)ncc2C(F)(F)F)cc1. The van der Waals surface area contributed by atoms with Crippen LogP contribution in [0.25, 0.3) is 0 Å². The van der Waals surface area contributed by atoms with Gasteiger partial charge in [-0.25, -0.2) is 4.98 Å². The molecule has 0 amide bonds. The predicted molar refractivity (Wildman–Crippen MR) is 96.9 cm³/mol. The maximum Gasteiger partial charge on any atom is 0.421 e. The van der Waals surface area contributed by atoms with Gasteiger partial charge in [0.2, 0.25) is 0 Å². The van der Waals surface area contributed by atoms with Crippen LogP contribution in [0.2, 0.25) is 0 Å². The summed E-state index contributed by atoms with van der Waals surface area (Å²) in [4.78, 5) is 7.62. The first-order valence-corrected chi connectivity index (χ1v) is 8.42. The monoisotopic (exact) mass is 373 g/mol. The Kier molecular flexibility index (Phi) is 5.59. The zero-order valence-corrected chi connectivity index (χ0v) is 14.6. The third kappa shape index (κ3) is 4.97. The fourth-order valence-corrected chi connectivity index (χ4v) is 2.42. The van der Waals surface area contributed by atoms with Crippen molar-refractivity contribution in [2.75, 3.05) is 5.32 Å². The molecule has 0 fully saturated rings. The molecule has 7 heteroatoms. The minimum Gasteiger partial charge on any atom is -0.459 e. The highest BCUT2D eigenvalue weighted by molar-refractivity contribution is 5.60. The summed E-state index contributed by atoms with van der Waals surface area (Å²) in [5.41, 5.74) is 1.51. The Morgan fingerprint density at radius 3 is 2.30 bits per heavy atom. The number of halogens is 3. The molecule has 3 aromatic rings. The van der Waals surface area contributed by atoms with Crippen LogP contribution >= 0.6 is 0 Å². The Bertz CT molecular complexity index is 881. The molecule has 0 saturated heterocycles. The molecule has 0 unspecified atom stereocenters. The second kappa shape index (κ2) is 8.07. The summed E-state index contributed by atoms with van der Waals surface area (Å²) in [6.45, 7) is 2.17. The number of nitrogens with one attached hydrogen (secondary N) is 1. The molecule has 0 radical (unpaired) electrons. The first-order chi connectivity index (χ1) is 13.0. The molecule has 27 heavy (non-hydrogen) atoms. The van der Waals surface area contributed by atoms with E-state index in [1.165, 1.54) is 0 Å². The smallest absolute Gasteiger partial charge is 0.421 e. The summed E-state index contributed by atoms with van der Waals surface area (Å²) in [7, 11) is 0. The van der Waals surface area contributed by atoms with Crippen molar-refractivity contribution in [3.63, 3.8) is 0 Å². The summed E-state index contributed by atoms with van der Waals surface area (Å²) in [5, 5.41) is 2.72. The summed E-state index contributed by atoms with van der Waals surface area (Å²) >= 11 is 0. The molecule has 4 nitrogen and oxygen atoms in total. The number of ether oxygens (including phenoxy) is 1. The lowest BCUT2D eigenvalue weighted by Crippen LogP contribution is -2.12. The van der Waals surface area contributed by atoms with Crippen LogP contribution in [0.4, 0.5) is 24.7 Å². The lowest BCUT2D eigenvalue weighted by atomic mass is 10.1. The van der Waals surface area contributed by atoms with E-state index in [1.54, 1.807) is 12.1 Å². The molecule has 140 valence electrons. The lowest BCUT2D eigenvalue weighted by Gasteiger charge is -2.14. The number of aromatic nitrogens is 2. The van der Waals surface area contributed by atoms with Crippen LogP contribution in [0.1, 0.15) is 23.6 Å². The Balaban J connectivity index is 1.84. The Hall–Kier alpha value is -3.09. The van der Waals surface area contributed by atoms with E-state index in [1.807, 2.05) is 49.4 Å². The van der Waals surface area contributed by atoms with Crippen LogP contribution in [-0.4, -0.2) is 9.97 Å². The summed E-state index contributed by atoms with van der Waals surface area (Å²) in [6.07, 6.45) is -3.00. The van der Waals surface area contributed by atoms with E-state index in [4.69, 9.17) is 4.74 Å². The fraction of sp³-hybridized carbons (Fsp3) is 0.200. The zero-order chi connectivity index (χ0) is 19.3. The van der Waals surface area contributed by atoms with E-state index >= 15 is 0 Å². The third-order valence-electron chi connectivity index (χ3n) is 3.91. The van der Waals surface area contributed by atoms with Crippen LogP contribution in [0, 0.1) is 0 Å². The highest BCUT2D eigenvalue weighted by atomic mass is 19.4. The largest absolute Gasteiger partial charge is 0.459 e.